The van der Waals surface area contributed by atoms with Crippen LogP contribution in [0.1, 0.15) is 36.4 Å². The first-order valence-electron chi connectivity index (χ1n) is 4.64. The lowest BCUT2D eigenvalue weighted by molar-refractivity contribution is 0.605. The summed E-state index contributed by atoms with van der Waals surface area (Å²) in [6, 6.07) is 0. The molecular formula is C10H12N2. The summed E-state index contributed by atoms with van der Waals surface area (Å²) in [5.41, 5.74) is 2.95. The maximum Gasteiger partial charge on any atom is 0.0530 e. The fraction of sp³-hybridized carbons (Fsp3) is 0.500. The Labute approximate surface area is 71.9 Å². The van der Waals surface area contributed by atoms with Crippen LogP contribution in [0.15, 0.2) is 18.3 Å². The number of allylic oxidation sites excluding steroid dienone is 2. The van der Waals surface area contributed by atoms with Gasteiger partial charge < -0.3 is 0 Å². The van der Waals surface area contributed by atoms with Gasteiger partial charge in [0.25, 0.3) is 0 Å². The first kappa shape index (κ1) is 6.46. The highest BCUT2D eigenvalue weighted by Gasteiger charge is 2.35. The molecule has 2 aliphatic rings. The van der Waals surface area contributed by atoms with Crippen molar-refractivity contribution in [1.82, 2.24) is 9.78 Å². The lowest BCUT2D eigenvalue weighted by atomic mass is 10.1. The van der Waals surface area contributed by atoms with Crippen LogP contribution in [0.2, 0.25) is 0 Å². The molecule has 0 fully saturated rings. The van der Waals surface area contributed by atoms with Crippen LogP contribution in [0.5, 0.6) is 0 Å². The SMILES string of the molecule is CCn1ncc2c1C1C=CC2C1. The average Bonchev–Trinajstić information content (AvgIpc) is 2.76. The van der Waals surface area contributed by atoms with E-state index in [2.05, 4.69) is 28.9 Å². The first-order valence-corrected chi connectivity index (χ1v) is 4.64. The molecule has 2 aliphatic carbocycles. The number of rotatable bonds is 1. The molecule has 1 aromatic heterocycles. The summed E-state index contributed by atoms with van der Waals surface area (Å²) in [7, 11) is 0. The molecule has 0 radical (unpaired) electrons. The van der Waals surface area contributed by atoms with Gasteiger partial charge in [-0.05, 0) is 13.3 Å². The van der Waals surface area contributed by atoms with E-state index < -0.39 is 0 Å². The summed E-state index contributed by atoms with van der Waals surface area (Å²) in [5, 5.41) is 4.37. The molecule has 62 valence electrons. The fourth-order valence-electron chi connectivity index (χ4n) is 2.48. The predicted molar refractivity (Wildman–Crippen MR) is 47.1 cm³/mol. The Morgan fingerprint density at radius 2 is 2.33 bits per heavy atom. The van der Waals surface area contributed by atoms with E-state index in [1.54, 1.807) is 0 Å². The Morgan fingerprint density at radius 3 is 3.17 bits per heavy atom. The van der Waals surface area contributed by atoms with Crippen LogP contribution in [-0.4, -0.2) is 9.78 Å². The first-order chi connectivity index (χ1) is 5.90. The van der Waals surface area contributed by atoms with Crippen molar-refractivity contribution in [3.05, 3.63) is 29.6 Å². The largest absolute Gasteiger partial charge is 0.269 e. The van der Waals surface area contributed by atoms with Crippen LogP contribution in [0.3, 0.4) is 0 Å². The summed E-state index contributed by atoms with van der Waals surface area (Å²) in [4.78, 5) is 0. The molecule has 0 aromatic carbocycles. The number of fused-ring (bicyclic) bond motifs is 5. The smallest absolute Gasteiger partial charge is 0.0530 e. The van der Waals surface area contributed by atoms with Crippen LogP contribution < -0.4 is 0 Å². The molecule has 2 nitrogen and oxygen atoms in total. The number of nitrogens with zero attached hydrogens (tertiary/aromatic N) is 2. The lowest BCUT2D eigenvalue weighted by Crippen LogP contribution is -2.04. The Balaban J connectivity index is 2.19. The van der Waals surface area contributed by atoms with Crippen LogP contribution in [0, 0.1) is 0 Å². The minimum Gasteiger partial charge on any atom is -0.269 e. The molecular weight excluding hydrogens is 148 g/mol. The Kier molecular flexibility index (Phi) is 1.08. The second kappa shape index (κ2) is 2.00. The summed E-state index contributed by atoms with van der Waals surface area (Å²) in [5.74, 6) is 1.36. The molecule has 2 atom stereocenters. The minimum atomic E-state index is 0.674. The van der Waals surface area contributed by atoms with Gasteiger partial charge in [0.15, 0.2) is 0 Å². The van der Waals surface area contributed by atoms with Crippen molar-refractivity contribution < 1.29 is 0 Å². The molecule has 1 heterocycles. The van der Waals surface area contributed by atoms with Crippen LogP contribution in [-0.2, 0) is 6.54 Å². The van der Waals surface area contributed by atoms with Gasteiger partial charge in [-0.15, -0.1) is 0 Å². The van der Waals surface area contributed by atoms with E-state index >= 15 is 0 Å². The monoisotopic (exact) mass is 160 g/mol. The standard InChI is InChI=1S/C10H12N2/c1-2-12-10-8-4-3-7(5-8)9(10)6-11-12/h3-4,6-8H,2,5H2,1H3. The van der Waals surface area contributed by atoms with Crippen molar-refractivity contribution in [1.29, 1.82) is 0 Å². The van der Waals surface area contributed by atoms with Crippen molar-refractivity contribution >= 4 is 0 Å². The van der Waals surface area contributed by atoms with Crippen LogP contribution in [0.25, 0.3) is 0 Å². The van der Waals surface area contributed by atoms with Crippen molar-refractivity contribution in [2.24, 2.45) is 0 Å². The molecule has 2 heteroatoms. The predicted octanol–water partition coefficient (Wildman–Crippen LogP) is 2.04. The zero-order chi connectivity index (χ0) is 8.13. The van der Waals surface area contributed by atoms with Crippen molar-refractivity contribution in [2.75, 3.05) is 0 Å². The molecule has 2 unspecified atom stereocenters. The molecule has 0 saturated carbocycles. The van der Waals surface area contributed by atoms with Crippen LogP contribution in [0.4, 0.5) is 0 Å². The quantitative estimate of drug-likeness (QED) is 0.575. The summed E-state index contributed by atoms with van der Waals surface area (Å²) in [6.45, 7) is 3.16. The number of hydrogen-bond acceptors (Lipinski definition) is 1. The topological polar surface area (TPSA) is 17.8 Å². The minimum absolute atomic E-state index is 0.674. The van der Waals surface area contributed by atoms with Crippen molar-refractivity contribution in [2.45, 2.75) is 31.7 Å². The number of hydrogen-bond donors (Lipinski definition) is 0. The van der Waals surface area contributed by atoms with Gasteiger partial charge in [0.2, 0.25) is 0 Å². The fourth-order valence-corrected chi connectivity index (χ4v) is 2.48. The lowest BCUT2D eigenvalue weighted by Gasteiger charge is -2.07. The Morgan fingerprint density at radius 1 is 1.50 bits per heavy atom. The zero-order valence-corrected chi connectivity index (χ0v) is 7.20. The highest BCUT2D eigenvalue weighted by Crippen LogP contribution is 2.47. The van der Waals surface area contributed by atoms with Crippen molar-refractivity contribution in [3.63, 3.8) is 0 Å². The zero-order valence-electron chi connectivity index (χ0n) is 7.20. The summed E-state index contributed by atoms with van der Waals surface area (Å²) in [6.07, 6.45) is 8.01. The third-order valence-electron chi connectivity index (χ3n) is 3.04. The van der Waals surface area contributed by atoms with Gasteiger partial charge in [0, 0.05) is 29.6 Å². The van der Waals surface area contributed by atoms with Crippen LogP contribution >= 0.6 is 0 Å². The molecule has 3 rings (SSSR count). The molecule has 2 bridgehead atoms. The van der Waals surface area contributed by atoms with E-state index in [-0.39, 0.29) is 0 Å². The van der Waals surface area contributed by atoms with Gasteiger partial charge in [-0.2, -0.15) is 5.10 Å². The van der Waals surface area contributed by atoms with E-state index in [0.29, 0.717) is 11.8 Å². The van der Waals surface area contributed by atoms with E-state index in [1.807, 2.05) is 6.20 Å². The van der Waals surface area contributed by atoms with E-state index in [4.69, 9.17) is 0 Å². The van der Waals surface area contributed by atoms with Gasteiger partial charge in [0.1, 0.15) is 0 Å². The van der Waals surface area contributed by atoms with Crippen molar-refractivity contribution in [3.8, 4) is 0 Å². The maximum absolute atomic E-state index is 4.37. The van der Waals surface area contributed by atoms with E-state index in [1.165, 1.54) is 17.7 Å². The third-order valence-corrected chi connectivity index (χ3v) is 3.04. The van der Waals surface area contributed by atoms with Gasteiger partial charge in [-0.1, -0.05) is 12.2 Å². The van der Waals surface area contributed by atoms with Gasteiger partial charge in [-0.25, -0.2) is 0 Å². The highest BCUT2D eigenvalue weighted by molar-refractivity contribution is 5.43. The molecule has 0 amide bonds. The molecule has 0 saturated heterocycles. The van der Waals surface area contributed by atoms with Gasteiger partial charge in [0.05, 0.1) is 6.20 Å². The third kappa shape index (κ3) is 0.591. The number of aromatic nitrogens is 2. The van der Waals surface area contributed by atoms with E-state index in [0.717, 1.165) is 6.54 Å². The average molecular weight is 160 g/mol. The van der Waals surface area contributed by atoms with Gasteiger partial charge >= 0.3 is 0 Å². The normalized spacial score (nSPS) is 29.8. The Hall–Kier alpha value is -1.05. The molecule has 0 N–H and O–H groups in total. The van der Waals surface area contributed by atoms with Gasteiger partial charge in [-0.3, -0.25) is 4.68 Å². The second-order valence-corrected chi connectivity index (χ2v) is 3.63. The summed E-state index contributed by atoms with van der Waals surface area (Å²) >= 11 is 0. The molecule has 1 aromatic rings. The summed E-state index contributed by atoms with van der Waals surface area (Å²) < 4.78 is 2.14. The Bertz CT molecular complexity index is 349. The molecule has 0 aliphatic heterocycles. The van der Waals surface area contributed by atoms with E-state index in [9.17, 15) is 0 Å². The number of aryl methyl sites for hydroxylation is 1. The molecule has 0 spiro atoms. The maximum atomic E-state index is 4.37. The second-order valence-electron chi connectivity index (χ2n) is 3.63. The highest BCUT2D eigenvalue weighted by atomic mass is 15.3. The molecule has 12 heavy (non-hydrogen) atoms.